The Morgan fingerprint density at radius 2 is 1.95 bits per heavy atom. The van der Waals surface area contributed by atoms with Crippen molar-refractivity contribution in [1.29, 1.82) is 0 Å². The van der Waals surface area contributed by atoms with Crippen LogP contribution in [-0.4, -0.2) is 28.6 Å². The number of hydrogen-bond donors (Lipinski definition) is 2. The second-order valence-corrected chi connectivity index (χ2v) is 7.19. The van der Waals surface area contributed by atoms with Gasteiger partial charge in [-0.25, -0.2) is 0 Å². The number of carbonyl (C=O) groups excluding carboxylic acids is 1. The van der Waals surface area contributed by atoms with Crippen LogP contribution in [-0.2, 0) is 9.53 Å². The van der Waals surface area contributed by atoms with Gasteiger partial charge in [0.25, 0.3) is 0 Å². The van der Waals surface area contributed by atoms with Crippen molar-refractivity contribution in [3.05, 3.63) is 0 Å². The summed E-state index contributed by atoms with van der Waals surface area (Å²) in [6.07, 6.45) is 4.97. The zero-order valence-electron chi connectivity index (χ0n) is 13.1. The average molecular weight is 300 g/mol. The minimum Gasteiger partial charge on any atom is -0.391 e. The second kappa shape index (κ2) is 6.85. The van der Waals surface area contributed by atoms with Gasteiger partial charge in [0.15, 0.2) is 0 Å². The molecular weight excluding hydrogens is 272 g/mol. The van der Waals surface area contributed by atoms with Crippen LogP contribution in [0.25, 0.3) is 0 Å². The summed E-state index contributed by atoms with van der Waals surface area (Å²) in [5, 5.41) is 3.02. The summed E-state index contributed by atoms with van der Waals surface area (Å²) in [7, 11) is 0. The fraction of sp³-hybridized carbons (Fsp3) is 0.867. The number of rotatable bonds is 5. The summed E-state index contributed by atoms with van der Waals surface area (Å²) in [6, 6.07) is 0. The molecule has 0 spiro atoms. The lowest BCUT2D eigenvalue weighted by Crippen LogP contribution is -2.59. The second-order valence-electron chi connectivity index (χ2n) is 6.75. The molecule has 3 N–H and O–H groups in total. The number of amides is 1. The van der Waals surface area contributed by atoms with Gasteiger partial charge in [-0.05, 0) is 52.4 Å². The third kappa shape index (κ3) is 5.02. The summed E-state index contributed by atoms with van der Waals surface area (Å²) >= 11 is 5.20. The van der Waals surface area contributed by atoms with Gasteiger partial charge in [0.1, 0.15) is 6.61 Å². The van der Waals surface area contributed by atoms with E-state index in [1.165, 1.54) is 6.42 Å². The molecule has 0 bridgehead atoms. The molecule has 1 saturated carbocycles. The van der Waals surface area contributed by atoms with Crippen LogP contribution in [0.5, 0.6) is 0 Å². The van der Waals surface area contributed by atoms with Crippen LogP contribution in [0.3, 0.4) is 0 Å². The molecule has 0 saturated heterocycles. The SMILES string of the molecule is CCC1CCC(NC(=O)COC(C)(C)C)(C(N)=S)CC1. The fourth-order valence-electron chi connectivity index (χ4n) is 2.60. The lowest BCUT2D eigenvalue weighted by Gasteiger charge is -2.40. The highest BCUT2D eigenvalue weighted by Crippen LogP contribution is 2.34. The summed E-state index contributed by atoms with van der Waals surface area (Å²) in [5.74, 6) is 0.586. The maximum absolute atomic E-state index is 12.1. The molecule has 0 heterocycles. The Morgan fingerprint density at radius 1 is 1.40 bits per heavy atom. The van der Waals surface area contributed by atoms with E-state index < -0.39 is 5.54 Å². The highest BCUT2D eigenvalue weighted by molar-refractivity contribution is 7.80. The Kier molecular flexibility index (Phi) is 5.95. The van der Waals surface area contributed by atoms with Gasteiger partial charge in [0.05, 0.1) is 16.1 Å². The molecule has 1 fully saturated rings. The zero-order valence-corrected chi connectivity index (χ0v) is 13.9. The Morgan fingerprint density at radius 3 is 2.35 bits per heavy atom. The van der Waals surface area contributed by atoms with Crippen molar-refractivity contribution in [1.82, 2.24) is 5.32 Å². The largest absolute Gasteiger partial charge is 0.391 e. The smallest absolute Gasteiger partial charge is 0.246 e. The molecule has 0 aromatic rings. The molecule has 0 radical (unpaired) electrons. The van der Waals surface area contributed by atoms with Crippen molar-refractivity contribution < 1.29 is 9.53 Å². The van der Waals surface area contributed by atoms with Crippen molar-refractivity contribution in [3.8, 4) is 0 Å². The molecule has 1 amide bonds. The number of nitrogens with one attached hydrogen (secondary N) is 1. The van der Waals surface area contributed by atoms with Gasteiger partial charge in [0.2, 0.25) is 5.91 Å². The van der Waals surface area contributed by atoms with Crippen LogP contribution in [0.15, 0.2) is 0 Å². The maximum Gasteiger partial charge on any atom is 0.246 e. The van der Waals surface area contributed by atoms with Crippen molar-refractivity contribution in [2.24, 2.45) is 11.7 Å². The Hall–Kier alpha value is -0.680. The lowest BCUT2D eigenvalue weighted by atomic mass is 9.75. The van der Waals surface area contributed by atoms with Gasteiger partial charge in [0, 0.05) is 0 Å². The molecule has 5 heteroatoms. The van der Waals surface area contributed by atoms with Crippen molar-refractivity contribution >= 4 is 23.1 Å². The van der Waals surface area contributed by atoms with Gasteiger partial charge < -0.3 is 15.8 Å². The Labute approximate surface area is 127 Å². The highest BCUT2D eigenvalue weighted by Gasteiger charge is 2.38. The molecule has 1 rings (SSSR count). The van der Waals surface area contributed by atoms with Crippen LogP contribution in [0, 0.1) is 5.92 Å². The van der Waals surface area contributed by atoms with Crippen LogP contribution in [0.1, 0.15) is 59.8 Å². The standard InChI is InChI=1S/C15H28N2O2S/c1-5-11-6-8-15(9-7-11,13(16)20)17-12(18)10-19-14(2,3)4/h11H,5-10H2,1-4H3,(H2,16,20)(H,17,18). The van der Waals surface area contributed by atoms with Gasteiger partial charge in [-0.2, -0.15) is 0 Å². The third-order valence-corrected chi connectivity index (χ3v) is 4.41. The molecule has 4 nitrogen and oxygen atoms in total. The number of ether oxygens (including phenoxy) is 1. The summed E-state index contributed by atoms with van der Waals surface area (Å²) < 4.78 is 5.50. The normalized spacial score (nSPS) is 27.1. The summed E-state index contributed by atoms with van der Waals surface area (Å²) in [6.45, 7) is 8.03. The highest BCUT2D eigenvalue weighted by atomic mass is 32.1. The first-order chi connectivity index (χ1) is 9.18. The van der Waals surface area contributed by atoms with E-state index >= 15 is 0 Å². The van der Waals surface area contributed by atoms with E-state index in [2.05, 4.69) is 12.2 Å². The van der Waals surface area contributed by atoms with Crippen LogP contribution < -0.4 is 11.1 Å². The number of thiocarbonyl (C=S) groups is 1. The van der Waals surface area contributed by atoms with Crippen LogP contribution in [0.4, 0.5) is 0 Å². The first-order valence-corrected chi connectivity index (χ1v) is 7.84. The average Bonchev–Trinajstić information content (AvgIpc) is 2.36. The van der Waals surface area contributed by atoms with Crippen LogP contribution in [0.2, 0.25) is 0 Å². The van der Waals surface area contributed by atoms with E-state index in [1.807, 2.05) is 20.8 Å². The van der Waals surface area contributed by atoms with Crippen molar-refractivity contribution in [3.63, 3.8) is 0 Å². The van der Waals surface area contributed by atoms with E-state index in [-0.39, 0.29) is 18.1 Å². The zero-order chi connectivity index (χ0) is 15.4. The molecule has 0 aromatic heterocycles. The van der Waals surface area contributed by atoms with Gasteiger partial charge in [-0.3, -0.25) is 4.79 Å². The van der Waals surface area contributed by atoms with E-state index in [1.54, 1.807) is 0 Å². The van der Waals surface area contributed by atoms with Crippen LogP contribution >= 0.6 is 12.2 Å². The van der Waals surface area contributed by atoms with Crippen molar-refractivity contribution in [2.45, 2.75) is 70.9 Å². The Bertz CT molecular complexity index is 355. The predicted octanol–water partition coefficient (Wildman–Crippen LogP) is 2.54. The number of nitrogens with two attached hydrogens (primary N) is 1. The monoisotopic (exact) mass is 300 g/mol. The maximum atomic E-state index is 12.1. The van der Waals surface area contributed by atoms with E-state index in [0.29, 0.717) is 4.99 Å². The predicted molar refractivity (Wildman–Crippen MR) is 85.6 cm³/mol. The molecule has 1 aliphatic rings. The molecule has 0 atom stereocenters. The summed E-state index contributed by atoms with van der Waals surface area (Å²) in [4.78, 5) is 12.5. The number of hydrogen-bond acceptors (Lipinski definition) is 3. The molecule has 116 valence electrons. The minimum atomic E-state index is -0.515. The molecule has 0 aromatic carbocycles. The Balaban J connectivity index is 2.60. The van der Waals surface area contributed by atoms with Gasteiger partial charge >= 0.3 is 0 Å². The number of carbonyl (C=O) groups is 1. The minimum absolute atomic E-state index is 0.0467. The van der Waals surface area contributed by atoms with E-state index in [0.717, 1.165) is 31.6 Å². The summed E-state index contributed by atoms with van der Waals surface area (Å²) in [5.41, 5.74) is 5.05. The van der Waals surface area contributed by atoms with E-state index in [4.69, 9.17) is 22.7 Å². The molecular formula is C15H28N2O2S. The molecule has 0 aliphatic heterocycles. The molecule has 20 heavy (non-hydrogen) atoms. The third-order valence-electron chi connectivity index (χ3n) is 4.02. The van der Waals surface area contributed by atoms with Crippen molar-refractivity contribution in [2.75, 3.05) is 6.61 Å². The molecule has 1 aliphatic carbocycles. The lowest BCUT2D eigenvalue weighted by molar-refractivity contribution is -0.132. The fourth-order valence-corrected chi connectivity index (χ4v) is 2.85. The quantitative estimate of drug-likeness (QED) is 0.766. The van der Waals surface area contributed by atoms with Gasteiger partial charge in [-0.15, -0.1) is 0 Å². The first-order valence-electron chi connectivity index (χ1n) is 7.43. The topological polar surface area (TPSA) is 64.3 Å². The first kappa shape index (κ1) is 17.4. The van der Waals surface area contributed by atoms with Gasteiger partial charge in [-0.1, -0.05) is 25.6 Å². The molecule has 0 unspecified atom stereocenters. The van der Waals surface area contributed by atoms with E-state index in [9.17, 15) is 4.79 Å².